The van der Waals surface area contributed by atoms with Gasteiger partial charge in [-0.05, 0) is 36.6 Å². The Hall–Kier alpha value is -1.06. The largest absolute Gasteiger partial charge is 0.497 e. The number of methoxy groups -OCH3 is 1. The minimum absolute atomic E-state index is 0.753. The van der Waals surface area contributed by atoms with E-state index in [1.54, 1.807) is 7.11 Å². The molecule has 1 saturated heterocycles. The molecule has 1 aromatic rings. The summed E-state index contributed by atoms with van der Waals surface area (Å²) in [5.74, 6) is 1.69. The second-order valence-electron chi connectivity index (χ2n) is 5.21. The van der Waals surface area contributed by atoms with Crippen molar-refractivity contribution in [3.05, 3.63) is 29.8 Å². The van der Waals surface area contributed by atoms with Crippen molar-refractivity contribution >= 4 is 0 Å². The lowest BCUT2D eigenvalue weighted by atomic mass is 10.1. The molecule has 1 N–H and O–H groups in total. The van der Waals surface area contributed by atoms with E-state index < -0.39 is 0 Å². The fourth-order valence-corrected chi connectivity index (χ4v) is 2.46. The van der Waals surface area contributed by atoms with Crippen LogP contribution in [-0.2, 0) is 6.42 Å². The van der Waals surface area contributed by atoms with Crippen molar-refractivity contribution in [1.29, 1.82) is 0 Å². The Balaban J connectivity index is 1.82. The molecule has 0 aromatic heterocycles. The summed E-state index contributed by atoms with van der Waals surface area (Å²) < 4.78 is 5.18. The number of nitrogens with zero attached hydrogens (tertiary/aromatic N) is 1. The fraction of sp³-hybridized carbons (Fsp3) is 0.600. The van der Waals surface area contributed by atoms with Crippen LogP contribution in [0.3, 0.4) is 0 Å². The van der Waals surface area contributed by atoms with E-state index >= 15 is 0 Å². The summed E-state index contributed by atoms with van der Waals surface area (Å²) in [6, 6.07) is 8.42. The molecule has 0 saturated carbocycles. The Labute approximate surface area is 110 Å². The Morgan fingerprint density at radius 3 is 2.83 bits per heavy atom. The van der Waals surface area contributed by atoms with Crippen LogP contribution in [0.5, 0.6) is 5.75 Å². The van der Waals surface area contributed by atoms with Gasteiger partial charge in [0.25, 0.3) is 0 Å². The third-order valence-electron chi connectivity index (χ3n) is 3.54. The van der Waals surface area contributed by atoms with Crippen LogP contribution in [0.1, 0.15) is 12.5 Å². The highest BCUT2D eigenvalue weighted by Crippen LogP contribution is 2.12. The molecule has 2 rings (SSSR count). The lowest BCUT2D eigenvalue weighted by Crippen LogP contribution is -2.31. The fourth-order valence-electron chi connectivity index (χ4n) is 2.46. The molecule has 1 aromatic carbocycles. The molecule has 1 aliphatic heterocycles. The van der Waals surface area contributed by atoms with Gasteiger partial charge in [0, 0.05) is 26.2 Å². The van der Waals surface area contributed by atoms with Crippen LogP contribution in [0.15, 0.2) is 24.3 Å². The molecular formula is C15H24N2O. The van der Waals surface area contributed by atoms with Crippen molar-refractivity contribution in [2.24, 2.45) is 5.92 Å². The average Bonchev–Trinajstić information content (AvgIpc) is 2.61. The molecule has 1 aliphatic rings. The van der Waals surface area contributed by atoms with Crippen molar-refractivity contribution < 1.29 is 4.74 Å². The topological polar surface area (TPSA) is 24.5 Å². The first-order valence-electron chi connectivity index (χ1n) is 6.84. The highest BCUT2D eigenvalue weighted by Gasteiger charge is 2.13. The molecular weight excluding hydrogens is 224 g/mol. The summed E-state index contributed by atoms with van der Waals surface area (Å²) in [5.41, 5.74) is 1.39. The van der Waals surface area contributed by atoms with Gasteiger partial charge in [0.15, 0.2) is 0 Å². The van der Waals surface area contributed by atoms with Crippen LogP contribution >= 0.6 is 0 Å². The van der Waals surface area contributed by atoms with E-state index in [2.05, 4.69) is 29.3 Å². The molecule has 18 heavy (non-hydrogen) atoms. The van der Waals surface area contributed by atoms with Gasteiger partial charge >= 0.3 is 0 Å². The van der Waals surface area contributed by atoms with E-state index in [-0.39, 0.29) is 0 Å². The van der Waals surface area contributed by atoms with Crippen LogP contribution in [0.2, 0.25) is 0 Å². The number of hydrogen-bond acceptors (Lipinski definition) is 3. The van der Waals surface area contributed by atoms with E-state index in [0.29, 0.717) is 0 Å². The van der Waals surface area contributed by atoms with Gasteiger partial charge in [0.05, 0.1) is 7.11 Å². The maximum atomic E-state index is 5.18. The highest BCUT2D eigenvalue weighted by molar-refractivity contribution is 5.27. The first-order valence-corrected chi connectivity index (χ1v) is 6.84. The van der Waals surface area contributed by atoms with E-state index in [1.165, 1.54) is 18.7 Å². The first kappa shape index (κ1) is 13.4. The summed E-state index contributed by atoms with van der Waals surface area (Å²) in [7, 11) is 1.71. The van der Waals surface area contributed by atoms with E-state index in [0.717, 1.165) is 37.7 Å². The molecule has 3 nitrogen and oxygen atoms in total. The molecule has 0 aliphatic carbocycles. The third kappa shape index (κ3) is 4.00. The Morgan fingerprint density at radius 2 is 2.11 bits per heavy atom. The van der Waals surface area contributed by atoms with Gasteiger partial charge < -0.3 is 15.0 Å². The van der Waals surface area contributed by atoms with Gasteiger partial charge in [0.1, 0.15) is 5.75 Å². The highest BCUT2D eigenvalue weighted by atomic mass is 16.5. The van der Waals surface area contributed by atoms with Crippen molar-refractivity contribution in [3.8, 4) is 5.75 Å². The molecule has 1 unspecified atom stereocenters. The zero-order valence-electron chi connectivity index (χ0n) is 11.5. The summed E-state index contributed by atoms with van der Waals surface area (Å²) in [4.78, 5) is 2.56. The van der Waals surface area contributed by atoms with Crippen molar-refractivity contribution in [2.75, 3.05) is 39.8 Å². The van der Waals surface area contributed by atoms with Gasteiger partial charge in [-0.1, -0.05) is 19.1 Å². The van der Waals surface area contributed by atoms with Gasteiger partial charge in [0.2, 0.25) is 0 Å². The summed E-state index contributed by atoms with van der Waals surface area (Å²) in [6.07, 6.45) is 1.12. The summed E-state index contributed by atoms with van der Waals surface area (Å²) in [5, 5.41) is 3.48. The quantitative estimate of drug-likeness (QED) is 0.879. The van der Waals surface area contributed by atoms with Crippen molar-refractivity contribution in [1.82, 2.24) is 10.2 Å². The predicted molar refractivity (Wildman–Crippen MR) is 75.2 cm³/mol. The van der Waals surface area contributed by atoms with E-state index in [4.69, 9.17) is 4.74 Å². The maximum absolute atomic E-state index is 5.18. The molecule has 0 amide bonds. The maximum Gasteiger partial charge on any atom is 0.118 e. The number of rotatable bonds is 4. The lowest BCUT2D eigenvalue weighted by molar-refractivity contribution is 0.268. The van der Waals surface area contributed by atoms with E-state index in [9.17, 15) is 0 Å². The molecule has 0 spiro atoms. The smallest absolute Gasteiger partial charge is 0.118 e. The number of ether oxygens (including phenoxy) is 1. The van der Waals surface area contributed by atoms with Gasteiger partial charge in [-0.2, -0.15) is 0 Å². The summed E-state index contributed by atoms with van der Waals surface area (Å²) in [6.45, 7) is 8.12. The van der Waals surface area contributed by atoms with Crippen LogP contribution in [0, 0.1) is 5.92 Å². The minimum atomic E-state index is 0.753. The van der Waals surface area contributed by atoms with Crippen LogP contribution in [0.25, 0.3) is 0 Å². The molecule has 1 heterocycles. The number of hydrogen-bond donors (Lipinski definition) is 1. The van der Waals surface area contributed by atoms with Crippen LogP contribution < -0.4 is 10.1 Å². The zero-order valence-corrected chi connectivity index (χ0v) is 11.5. The second-order valence-corrected chi connectivity index (χ2v) is 5.21. The number of nitrogens with one attached hydrogen (secondary N) is 1. The second kappa shape index (κ2) is 6.76. The molecule has 0 bridgehead atoms. The first-order chi connectivity index (χ1) is 8.78. The molecule has 100 valence electrons. The van der Waals surface area contributed by atoms with Gasteiger partial charge in [-0.3, -0.25) is 0 Å². The SMILES string of the molecule is COc1ccc(CCN2CCNCC(C)C2)cc1. The van der Waals surface area contributed by atoms with Crippen LogP contribution in [0.4, 0.5) is 0 Å². The Morgan fingerprint density at radius 1 is 1.33 bits per heavy atom. The summed E-state index contributed by atoms with van der Waals surface area (Å²) >= 11 is 0. The molecule has 0 radical (unpaired) electrons. The van der Waals surface area contributed by atoms with Gasteiger partial charge in [-0.15, -0.1) is 0 Å². The Kier molecular flexibility index (Phi) is 5.02. The Bertz CT molecular complexity index is 350. The normalized spacial score (nSPS) is 21.6. The number of benzene rings is 1. The van der Waals surface area contributed by atoms with Gasteiger partial charge in [-0.25, -0.2) is 0 Å². The molecule has 1 fully saturated rings. The van der Waals surface area contributed by atoms with Crippen molar-refractivity contribution in [3.63, 3.8) is 0 Å². The monoisotopic (exact) mass is 248 g/mol. The molecule has 1 atom stereocenters. The van der Waals surface area contributed by atoms with Crippen LogP contribution in [-0.4, -0.2) is 44.7 Å². The third-order valence-corrected chi connectivity index (χ3v) is 3.54. The predicted octanol–water partition coefficient (Wildman–Crippen LogP) is 1.78. The molecule has 3 heteroatoms. The minimum Gasteiger partial charge on any atom is -0.497 e. The van der Waals surface area contributed by atoms with E-state index in [1.807, 2.05) is 12.1 Å². The zero-order chi connectivity index (χ0) is 12.8. The average molecular weight is 248 g/mol. The van der Waals surface area contributed by atoms with Crippen molar-refractivity contribution in [2.45, 2.75) is 13.3 Å². The lowest BCUT2D eigenvalue weighted by Gasteiger charge is -2.21. The standard InChI is InChI=1S/C15H24N2O/c1-13-11-16-8-10-17(12-13)9-7-14-3-5-15(18-2)6-4-14/h3-6,13,16H,7-12H2,1-2H3.